The Labute approximate surface area is 108 Å². The minimum Gasteiger partial charge on any atom is -0.272 e. The van der Waals surface area contributed by atoms with Gasteiger partial charge in [0, 0.05) is 0 Å². The Hall–Kier alpha value is -2.06. The van der Waals surface area contributed by atoms with Crippen molar-refractivity contribution in [1.82, 2.24) is 5.48 Å². The molecule has 0 atom stereocenters. The predicted molar refractivity (Wildman–Crippen MR) is 75.7 cm³/mol. The van der Waals surface area contributed by atoms with Crippen LogP contribution in [0.25, 0.3) is 5.57 Å². The lowest BCUT2D eigenvalue weighted by Gasteiger charge is -2.08. The Kier molecular flexibility index (Phi) is 3.80. The highest BCUT2D eigenvalue weighted by molar-refractivity contribution is 5.77. The molecule has 1 aromatic rings. The molecule has 2 nitrogen and oxygen atoms in total. The van der Waals surface area contributed by atoms with Gasteiger partial charge in [-0.25, -0.2) is 0 Å². The summed E-state index contributed by atoms with van der Waals surface area (Å²) in [7, 11) is 0. The minimum atomic E-state index is 0.496. The molecule has 1 aromatic carbocycles. The van der Waals surface area contributed by atoms with Crippen LogP contribution in [-0.2, 0) is 4.84 Å². The molecule has 0 aromatic heterocycles. The van der Waals surface area contributed by atoms with Crippen LogP contribution in [0.3, 0.4) is 0 Å². The normalized spacial score (nSPS) is 21.1. The van der Waals surface area contributed by atoms with Gasteiger partial charge < -0.3 is 0 Å². The van der Waals surface area contributed by atoms with Crippen LogP contribution in [0.4, 0.5) is 0 Å². The number of hydrogen-bond acceptors (Lipinski definition) is 2. The molecule has 0 spiro atoms. The van der Waals surface area contributed by atoms with Crippen LogP contribution < -0.4 is 5.48 Å². The van der Waals surface area contributed by atoms with Crippen LogP contribution in [0.5, 0.6) is 0 Å². The van der Waals surface area contributed by atoms with Crippen molar-refractivity contribution in [2.75, 3.05) is 6.61 Å². The summed E-state index contributed by atoms with van der Waals surface area (Å²) >= 11 is 0. The van der Waals surface area contributed by atoms with E-state index in [4.69, 9.17) is 4.84 Å². The van der Waals surface area contributed by atoms with E-state index in [0.717, 1.165) is 16.7 Å². The Bertz CT molecular complexity index is 521. The Balaban J connectivity index is 2.37. The molecular weight excluding hydrogens is 222 g/mol. The molecule has 0 amide bonds. The van der Waals surface area contributed by atoms with Crippen LogP contribution in [-0.4, -0.2) is 6.61 Å². The summed E-state index contributed by atoms with van der Waals surface area (Å²) in [5.41, 5.74) is 7.78. The first kappa shape index (κ1) is 12.4. The molecule has 92 valence electrons. The summed E-state index contributed by atoms with van der Waals surface area (Å²) < 4.78 is 0. The fourth-order valence-electron chi connectivity index (χ4n) is 1.67. The molecular formula is C16H17NO. The smallest absolute Gasteiger partial charge is 0.0930 e. The lowest BCUT2D eigenvalue weighted by atomic mass is 10.0. The van der Waals surface area contributed by atoms with Crippen LogP contribution >= 0.6 is 0 Å². The molecule has 0 fully saturated rings. The molecule has 1 N–H and O–H groups in total. The van der Waals surface area contributed by atoms with E-state index in [1.165, 1.54) is 5.56 Å². The summed E-state index contributed by atoms with van der Waals surface area (Å²) in [4.78, 5) is 5.21. The van der Waals surface area contributed by atoms with Crippen LogP contribution in [0.15, 0.2) is 66.9 Å². The van der Waals surface area contributed by atoms with Gasteiger partial charge >= 0.3 is 0 Å². The predicted octanol–water partition coefficient (Wildman–Crippen LogP) is 3.54. The third kappa shape index (κ3) is 2.99. The second-order valence-electron chi connectivity index (χ2n) is 4.28. The van der Waals surface area contributed by atoms with Gasteiger partial charge in [-0.2, -0.15) is 0 Å². The van der Waals surface area contributed by atoms with Gasteiger partial charge in [0.25, 0.3) is 0 Å². The summed E-state index contributed by atoms with van der Waals surface area (Å²) in [6.45, 7) is 10.4. The zero-order valence-corrected chi connectivity index (χ0v) is 10.6. The van der Waals surface area contributed by atoms with Crippen molar-refractivity contribution >= 4 is 5.57 Å². The molecule has 0 aliphatic carbocycles. The van der Waals surface area contributed by atoms with Gasteiger partial charge in [0.1, 0.15) is 0 Å². The second kappa shape index (κ2) is 5.52. The number of allylic oxidation sites excluding steroid dienone is 3. The van der Waals surface area contributed by atoms with Gasteiger partial charge in [-0.15, -0.1) is 0 Å². The van der Waals surface area contributed by atoms with E-state index in [0.29, 0.717) is 12.3 Å². The summed E-state index contributed by atoms with van der Waals surface area (Å²) in [5, 5.41) is 0. The maximum Gasteiger partial charge on any atom is 0.0930 e. The largest absolute Gasteiger partial charge is 0.272 e. The van der Waals surface area contributed by atoms with E-state index in [2.05, 4.69) is 49.8 Å². The topological polar surface area (TPSA) is 21.3 Å². The van der Waals surface area contributed by atoms with E-state index in [1.54, 1.807) is 0 Å². The van der Waals surface area contributed by atoms with Crippen LogP contribution in [0, 0.1) is 6.92 Å². The van der Waals surface area contributed by atoms with Crippen molar-refractivity contribution in [3.8, 4) is 0 Å². The molecule has 0 saturated heterocycles. The average molecular weight is 239 g/mol. The lowest BCUT2D eigenvalue weighted by molar-refractivity contribution is 0.0887. The maximum absolute atomic E-state index is 5.21. The second-order valence-corrected chi connectivity index (χ2v) is 4.28. The minimum absolute atomic E-state index is 0.496. The Morgan fingerprint density at radius 2 is 1.89 bits per heavy atom. The van der Waals surface area contributed by atoms with E-state index < -0.39 is 0 Å². The molecule has 2 rings (SSSR count). The highest BCUT2D eigenvalue weighted by atomic mass is 16.6. The fraction of sp³-hybridized carbons (Fsp3) is 0.125. The van der Waals surface area contributed by atoms with E-state index in [-0.39, 0.29) is 0 Å². The third-order valence-corrected chi connectivity index (χ3v) is 2.77. The third-order valence-electron chi connectivity index (χ3n) is 2.77. The molecule has 1 aliphatic rings. The van der Waals surface area contributed by atoms with Gasteiger partial charge in [0.05, 0.1) is 12.3 Å². The molecule has 0 radical (unpaired) electrons. The van der Waals surface area contributed by atoms with E-state index in [9.17, 15) is 0 Å². The number of aryl methyl sites for hydroxylation is 1. The summed E-state index contributed by atoms with van der Waals surface area (Å²) in [5.74, 6) is 0. The number of benzene rings is 1. The van der Waals surface area contributed by atoms with Crippen LogP contribution in [0.1, 0.15) is 11.1 Å². The summed E-state index contributed by atoms with van der Waals surface area (Å²) in [6, 6.07) is 8.41. The van der Waals surface area contributed by atoms with Gasteiger partial charge in [-0.1, -0.05) is 55.1 Å². The zero-order valence-electron chi connectivity index (χ0n) is 10.6. The molecule has 0 saturated carbocycles. The van der Waals surface area contributed by atoms with Crippen molar-refractivity contribution < 1.29 is 4.84 Å². The number of hydrogen-bond donors (Lipinski definition) is 1. The van der Waals surface area contributed by atoms with Crippen molar-refractivity contribution in [1.29, 1.82) is 0 Å². The Morgan fingerprint density at radius 1 is 1.17 bits per heavy atom. The van der Waals surface area contributed by atoms with Crippen molar-refractivity contribution in [3.05, 3.63) is 78.0 Å². The SMILES string of the molecule is C=C1/C=C(c2ccc(C)cc2)\C=C/CONC1=C. The zero-order chi connectivity index (χ0) is 13.0. The lowest BCUT2D eigenvalue weighted by Crippen LogP contribution is -2.13. The number of rotatable bonds is 1. The Morgan fingerprint density at radius 3 is 2.61 bits per heavy atom. The first-order chi connectivity index (χ1) is 8.66. The first-order valence-corrected chi connectivity index (χ1v) is 5.88. The van der Waals surface area contributed by atoms with Gasteiger partial charge in [0.2, 0.25) is 0 Å². The first-order valence-electron chi connectivity index (χ1n) is 5.88. The molecule has 0 unspecified atom stereocenters. The molecule has 2 heteroatoms. The molecule has 1 aliphatic heterocycles. The maximum atomic E-state index is 5.21. The van der Waals surface area contributed by atoms with Gasteiger partial charge in [0.15, 0.2) is 0 Å². The highest BCUT2D eigenvalue weighted by Gasteiger charge is 2.03. The van der Waals surface area contributed by atoms with Crippen molar-refractivity contribution in [2.45, 2.75) is 6.92 Å². The average Bonchev–Trinajstić information content (AvgIpc) is 2.44. The number of hydroxylamine groups is 1. The quantitative estimate of drug-likeness (QED) is 0.809. The number of nitrogens with one attached hydrogen (secondary N) is 1. The van der Waals surface area contributed by atoms with Gasteiger partial charge in [-0.05, 0) is 29.7 Å². The fourth-order valence-corrected chi connectivity index (χ4v) is 1.67. The summed E-state index contributed by atoms with van der Waals surface area (Å²) in [6.07, 6.45) is 6.01. The monoisotopic (exact) mass is 239 g/mol. The van der Waals surface area contributed by atoms with E-state index in [1.807, 2.05) is 18.2 Å². The standard InChI is InChI=1S/C16H17NO/c1-12-6-8-15(9-7-12)16-5-4-10-18-17-14(3)13(2)11-16/h4-9,11,17H,2-3,10H2,1H3/b5-4-,16-11+. The van der Waals surface area contributed by atoms with Crippen molar-refractivity contribution in [2.24, 2.45) is 0 Å². The van der Waals surface area contributed by atoms with Crippen LogP contribution in [0.2, 0.25) is 0 Å². The molecule has 0 bridgehead atoms. The highest BCUT2D eigenvalue weighted by Crippen LogP contribution is 2.21. The van der Waals surface area contributed by atoms with Gasteiger partial charge in [-0.3, -0.25) is 10.3 Å². The molecule has 1 heterocycles. The molecule has 18 heavy (non-hydrogen) atoms. The van der Waals surface area contributed by atoms with E-state index >= 15 is 0 Å². The van der Waals surface area contributed by atoms with Crippen molar-refractivity contribution in [3.63, 3.8) is 0 Å².